The number of carbonyl (C=O) groups is 2. The summed E-state index contributed by atoms with van der Waals surface area (Å²) in [4.78, 5) is 22.2. The summed E-state index contributed by atoms with van der Waals surface area (Å²) in [7, 11) is 0. The number of carboxylic acid groups (broad SMARTS) is 1. The van der Waals surface area contributed by atoms with Gasteiger partial charge in [-0.15, -0.1) is 11.8 Å². The average Bonchev–Trinajstić information content (AvgIpc) is 2.60. The minimum Gasteiger partial charge on any atom is -0.491 e. The molecule has 1 aromatic rings. The van der Waals surface area contributed by atoms with Crippen LogP contribution in [0.15, 0.2) is 24.3 Å². The summed E-state index contributed by atoms with van der Waals surface area (Å²) in [5.41, 5.74) is 0. The Morgan fingerprint density at radius 2 is 2.00 bits per heavy atom. The minimum absolute atomic E-state index is 0.0967. The summed E-state index contributed by atoms with van der Waals surface area (Å²) >= 11 is 2.21. The maximum Gasteiger partial charge on any atom is 0.303 e. The van der Waals surface area contributed by atoms with Gasteiger partial charge in [-0.2, -0.15) is 0 Å². The van der Waals surface area contributed by atoms with E-state index in [9.17, 15) is 14.7 Å². The number of aliphatic hydroxyl groups is 1. The van der Waals surface area contributed by atoms with Gasteiger partial charge in [0.1, 0.15) is 18.1 Å². The van der Waals surface area contributed by atoms with Gasteiger partial charge in [0.05, 0.1) is 6.10 Å². The number of ether oxygens (including phenoxy) is 1. The van der Waals surface area contributed by atoms with Gasteiger partial charge in [-0.3, -0.25) is 9.59 Å². The number of aliphatic carboxylic acids is 1. The molecule has 0 aliphatic carbocycles. The van der Waals surface area contributed by atoms with Crippen molar-refractivity contribution >= 4 is 34.3 Å². The second kappa shape index (κ2) is 13.6. The Kier molecular flexibility index (Phi) is 11.8. The fourth-order valence-electron chi connectivity index (χ4n) is 2.49. The molecule has 6 heteroatoms. The van der Waals surface area contributed by atoms with Crippen LogP contribution in [0.1, 0.15) is 51.9 Å². The first-order valence-electron chi connectivity index (χ1n) is 9.13. The average molecular weight is 486 g/mol. The molecule has 0 aromatic heterocycles. The van der Waals surface area contributed by atoms with Crippen LogP contribution in [0.3, 0.4) is 0 Å². The van der Waals surface area contributed by atoms with E-state index in [0.29, 0.717) is 32.1 Å². The molecule has 2 N–H and O–H groups in total. The van der Waals surface area contributed by atoms with Gasteiger partial charge >= 0.3 is 5.97 Å². The normalized spacial score (nSPS) is 12.6. The fourth-order valence-corrected chi connectivity index (χ4v) is 3.01. The fraction of sp³-hybridized carbons (Fsp3) is 0.524. The highest BCUT2D eigenvalue weighted by atomic mass is 127. The first-order chi connectivity index (χ1) is 12.9. The van der Waals surface area contributed by atoms with Gasteiger partial charge in [0.25, 0.3) is 0 Å². The van der Waals surface area contributed by atoms with E-state index in [1.807, 2.05) is 24.3 Å². The zero-order valence-corrected chi connectivity index (χ0v) is 17.8. The van der Waals surface area contributed by atoms with Crippen LogP contribution in [-0.4, -0.2) is 34.7 Å². The lowest BCUT2D eigenvalue weighted by atomic mass is 9.94. The highest BCUT2D eigenvalue weighted by Gasteiger charge is 2.14. The molecule has 148 valence electrons. The number of carbonyl (C=O) groups excluding carboxylic acids is 1. The molecule has 0 bridgehead atoms. The van der Waals surface area contributed by atoms with Gasteiger partial charge in [0.15, 0.2) is 0 Å². The third-order valence-electron chi connectivity index (χ3n) is 4.07. The van der Waals surface area contributed by atoms with Crippen LogP contribution >= 0.6 is 22.6 Å². The topological polar surface area (TPSA) is 83.8 Å². The molecular weight excluding hydrogens is 459 g/mol. The number of Topliss-reactive ketones (excluding diaryl/α,β-unsaturated/α-hetero) is 1. The Morgan fingerprint density at radius 1 is 1.22 bits per heavy atom. The summed E-state index contributed by atoms with van der Waals surface area (Å²) in [5, 5.41) is 18.6. The van der Waals surface area contributed by atoms with Crippen LogP contribution in [0.25, 0.3) is 0 Å². The molecule has 0 amide bonds. The van der Waals surface area contributed by atoms with Crippen LogP contribution in [-0.2, 0) is 9.59 Å². The predicted molar refractivity (Wildman–Crippen MR) is 113 cm³/mol. The Balaban J connectivity index is 2.26. The van der Waals surface area contributed by atoms with Crippen molar-refractivity contribution in [3.8, 4) is 17.6 Å². The minimum atomic E-state index is -0.817. The molecule has 0 aliphatic rings. The van der Waals surface area contributed by atoms with Crippen LogP contribution in [0.5, 0.6) is 5.75 Å². The number of ketones is 1. The lowest BCUT2D eigenvalue weighted by Crippen LogP contribution is -2.18. The zero-order valence-electron chi connectivity index (χ0n) is 15.6. The van der Waals surface area contributed by atoms with Crippen molar-refractivity contribution in [2.24, 2.45) is 5.92 Å². The number of benzene rings is 1. The monoisotopic (exact) mass is 486 g/mol. The van der Waals surface area contributed by atoms with Gasteiger partial charge in [-0.05, 0) is 73.4 Å². The number of halogens is 1. The Labute approximate surface area is 174 Å². The van der Waals surface area contributed by atoms with Crippen LogP contribution in [0.2, 0.25) is 0 Å². The molecule has 0 aliphatic heterocycles. The highest BCUT2D eigenvalue weighted by Crippen LogP contribution is 2.17. The van der Waals surface area contributed by atoms with Crippen molar-refractivity contribution in [3.05, 3.63) is 27.8 Å². The smallest absolute Gasteiger partial charge is 0.303 e. The molecule has 27 heavy (non-hydrogen) atoms. The van der Waals surface area contributed by atoms with E-state index >= 15 is 0 Å². The van der Waals surface area contributed by atoms with Gasteiger partial charge in [0, 0.05) is 28.8 Å². The van der Waals surface area contributed by atoms with E-state index in [4.69, 9.17) is 9.84 Å². The Hall–Kier alpha value is -1.59. The third-order valence-corrected chi connectivity index (χ3v) is 4.74. The van der Waals surface area contributed by atoms with Crippen LogP contribution < -0.4 is 4.74 Å². The lowest BCUT2D eigenvalue weighted by Gasteiger charge is -2.14. The number of rotatable bonds is 12. The Bertz CT molecular complexity index is 662. The zero-order chi connectivity index (χ0) is 20.1. The maximum atomic E-state index is 11.7. The molecule has 0 saturated heterocycles. The summed E-state index contributed by atoms with van der Waals surface area (Å²) in [6.45, 7) is 1.79. The third kappa shape index (κ3) is 11.7. The summed E-state index contributed by atoms with van der Waals surface area (Å²) in [5.74, 6) is 5.79. The maximum absolute atomic E-state index is 11.7. The molecule has 0 heterocycles. The number of unbranched alkanes of at least 4 members (excludes halogenated alkanes) is 1. The van der Waals surface area contributed by atoms with E-state index in [1.165, 1.54) is 0 Å². The lowest BCUT2D eigenvalue weighted by molar-refractivity contribution is -0.137. The molecule has 1 rings (SSSR count). The predicted octanol–water partition coefficient (Wildman–Crippen LogP) is 4.05. The molecule has 1 aromatic carbocycles. The number of carboxylic acids is 1. The molecule has 2 unspecified atom stereocenters. The van der Waals surface area contributed by atoms with Crippen molar-refractivity contribution in [3.63, 3.8) is 0 Å². The van der Waals surface area contributed by atoms with Gasteiger partial charge in [-0.1, -0.05) is 6.07 Å². The van der Waals surface area contributed by atoms with Crippen molar-refractivity contribution in [1.82, 2.24) is 0 Å². The van der Waals surface area contributed by atoms with E-state index in [0.717, 1.165) is 15.7 Å². The molecular formula is C21H27IO5. The summed E-state index contributed by atoms with van der Waals surface area (Å²) in [6.07, 6.45) is 3.06. The van der Waals surface area contributed by atoms with Crippen molar-refractivity contribution < 1.29 is 24.5 Å². The van der Waals surface area contributed by atoms with E-state index in [2.05, 4.69) is 34.4 Å². The van der Waals surface area contributed by atoms with E-state index in [-0.39, 0.29) is 24.7 Å². The second-order valence-electron chi connectivity index (χ2n) is 6.47. The SMILES string of the molecule is CC(=O)C(CC#CCCCC(=O)O)CCCC(O)COc1cccc(I)c1. The van der Waals surface area contributed by atoms with E-state index in [1.54, 1.807) is 6.92 Å². The number of hydrogen-bond donors (Lipinski definition) is 2. The van der Waals surface area contributed by atoms with Gasteiger partial charge < -0.3 is 14.9 Å². The molecule has 0 radical (unpaired) electrons. The van der Waals surface area contributed by atoms with Crippen LogP contribution in [0, 0.1) is 21.3 Å². The summed E-state index contributed by atoms with van der Waals surface area (Å²) < 4.78 is 6.66. The first-order valence-corrected chi connectivity index (χ1v) is 10.2. The van der Waals surface area contributed by atoms with Crippen molar-refractivity contribution in [2.45, 2.75) is 58.0 Å². The summed E-state index contributed by atoms with van der Waals surface area (Å²) in [6, 6.07) is 7.65. The highest BCUT2D eigenvalue weighted by molar-refractivity contribution is 14.1. The quantitative estimate of drug-likeness (QED) is 0.265. The second-order valence-corrected chi connectivity index (χ2v) is 7.71. The van der Waals surface area contributed by atoms with Crippen molar-refractivity contribution in [2.75, 3.05) is 6.61 Å². The first kappa shape index (κ1) is 23.4. The van der Waals surface area contributed by atoms with E-state index < -0.39 is 12.1 Å². The molecule has 0 spiro atoms. The van der Waals surface area contributed by atoms with Crippen molar-refractivity contribution in [1.29, 1.82) is 0 Å². The van der Waals surface area contributed by atoms with Gasteiger partial charge in [0.2, 0.25) is 0 Å². The molecule has 0 fully saturated rings. The number of aliphatic hydroxyl groups excluding tert-OH is 1. The van der Waals surface area contributed by atoms with Crippen LogP contribution in [0.4, 0.5) is 0 Å². The largest absolute Gasteiger partial charge is 0.491 e. The molecule has 0 saturated carbocycles. The standard InChI is InChI=1S/C21H27IO5/c1-16(23)17(8-4-2-3-5-13-21(25)26)9-6-11-19(24)15-27-20-12-7-10-18(22)14-20/h7,10,12,14,17,19,24H,3,5-6,8-9,11,13,15H2,1H3,(H,25,26). The molecule has 2 atom stereocenters. The molecule has 5 nitrogen and oxygen atoms in total. The number of hydrogen-bond acceptors (Lipinski definition) is 4. The van der Waals surface area contributed by atoms with Gasteiger partial charge in [-0.25, -0.2) is 0 Å². The Morgan fingerprint density at radius 3 is 2.67 bits per heavy atom.